The van der Waals surface area contributed by atoms with Gasteiger partial charge >= 0.3 is 0 Å². The molecule has 1 aliphatic carbocycles. The summed E-state index contributed by atoms with van der Waals surface area (Å²) in [6, 6.07) is 0. The smallest absolute Gasteiger partial charge is 0.000781 e. The minimum absolute atomic E-state index is 0.790. The molecule has 2 rings (SSSR count). The zero-order valence-corrected chi connectivity index (χ0v) is 8.66. The molecule has 0 unspecified atom stereocenters. The molecule has 0 radical (unpaired) electrons. The van der Waals surface area contributed by atoms with Crippen molar-refractivity contribution in [2.45, 2.75) is 52.4 Å². The summed E-state index contributed by atoms with van der Waals surface area (Å²) in [6.07, 6.45) is 8.65. The first-order chi connectivity index (χ1) is 5.83. The number of piperidine rings is 1. The molecule has 0 aromatic carbocycles. The van der Waals surface area contributed by atoms with Gasteiger partial charge in [-0.1, -0.05) is 26.7 Å². The van der Waals surface area contributed by atoms with Gasteiger partial charge in [0.05, 0.1) is 0 Å². The van der Waals surface area contributed by atoms with Crippen LogP contribution in [0.4, 0.5) is 0 Å². The molecule has 1 nitrogen and oxygen atoms in total. The molecule has 0 atom stereocenters. The van der Waals surface area contributed by atoms with Gasteiger partial charge in [0.1, 0.15) is 0 Å². The lowest BCUT2D eigenvalue weighted by molar-refractivity contribution is 0.0935. The number of hydrogen-bond acceptors (Lipinski definition) is 1. The van der Waals surface area contributed by atoms with Gasteiger partial charge in [0.2, 0.25) is 0 Å². The van der Waals surface area contributed by atoms with Crippen LogP contribution >= 0.6 is 0 Å². The third-order valence-electron chi connectivity index (χ3n) is 2.97. The summed E-state index contributed by atoms with van der Waals surface area (Å²) in [6.45, 7) is 6.83. The van der Waals surface area contributed by atoms with Crippen molar-refractivity contribution in [3.63, 3.8) is 0 Å². The second-order valence-electron chi connectivity index (χ2n) is 4.34. The van der Waals surface area contributed by atoms with Crippen LogP contribution in [0.3, 0.4) is 0 Å². The van der Waals surface area contributed by atoms with Crippen LogP contribution in [-0.2, 0) is 0 Å². The third-order valence-corrected chi connectivity index (χ3v) is 2.97. The van der Waals surface area contributed by atoms with Crippen LogP contribution in [-0.4, -0.2) is 13.1 Å². The Morgan fingerprint density at radius 3 is 1.92 bits per heavy atom. The highest BCUT2D eigenvalue weighted by Gasteiger charge is 2.37. The Morgan fingerprint density at radius 1 is 1.08 bits per heavy atom. The fourth-order valence-electron chi connectivity index (χ4n) is 2.13. The molecule has 1 N–H and O–H groups in total. The molecule has 1 aliphatic heterocycles. The lowest BCUT2D eigenvalue weighted by atomic mass is 9.65. The maximum absolute atomic E-state index is 3.48. The van der Waals surface area contributed by atoms with Gasteiger partial charge in [-0.2, -0.15) is 0 Å². The largest absolute Gasteiger partial charge is 0.316 e. The van der Waals surface area contributed by atoms with Crippen molar-refractivity contribution >= 4 is 0 Å². The predicted octanol–water partition coefficient (Wildman–Crippen LogP) is 2.96. The van der Waals surface area contributed by atoms with E-state index in [1.165, 1.54) is 51.6 Å². The van der Waals surface area contributed by atoms with Gasteiger partial charge in [0.15, 0.2) is 0 Å². The topological polar surface area (TPSA) is 12.0 Å². The normalized spacial score (nSPS) is 25.5. The van der Waals surface area contributed by atoms with Crippen molar-refractivity contribution in [2.75, 3.05) is 13.1 Å². The van der Waals surface area contributed by atoms with Crippen molar-refractivity contribution in [3.05, 3.63) is 0 Å². The maximum atomic E-state index is 3.48. The van der Waals surface area contributed by atoms with Crippen LogP contribution in [0.1, 0.15) is 52.4 Å². The van der Waals surface area contributed by atoms with E-state index in [0.717, 1.165) is 5.41 Å². The Labute approximate surface area is 76.9 Å². The summed E-state index contributed by atoms with van der Waals surface area (Å²) in [5, 5.41) is 3.48. The van der Waals surface area contributed by atoms with Crippen LogP contribution < -0.4 is 5.32 Å². The van der Waals surface area contributed by atoms with Gasteiger partial charge in [0.25, 0.3) is 0 Å². The van der Waals surface area contributed by atoms with Gasteiger partial charge in [-0.15, -0.1) is 0 Å². The quantitative estimate of drug-likeness (QED) is 0.588. The zero-order chi connectivity index (χ0) is 8.86. The van der Waals surface area contributed by atoms with Gasteiger partial charge < -0.3 is 5.32 Å². The Hall–Kier alpha value is -0.0400. The van der Waals surface area contributed by atoms with Crippen LogP contribution in [0, 0.1) is 5.41 Å². The minimum atomic E-state index is 0.790. The van der Waals surface area contributed by atoms with Crippen molar-refractivity contribution < 1.29 is 0 Å². The van der Waals surface area contributed by atoms with E-state index in [0.29, 0.717) is 0 Å². The fraction of sp³-hybridized carbons (Fsp3) is 1.00. The van der Waals surface area contributed by atoms with E-state index < -0.39 is 0 Å². The third kappa shape index (κ3) is 2.48. The molecule has 1 saturated carbocycles. The minimum Gasteiger partial charge on any atom is -0.316 e. The highest BCUT2D eigenvalue weighted by molar-refractivity contribution is 4.91. The van der Waals surface area contributed by atoms with Gasteiger partial charge in [-0.3, -0.25) is 0 Å². The monoisotopic (exact) mass is 169 g/mol. The van der Waals surface area contributed by atoms with Gasteiger partial charge in [0, 0.05) is 6.54 Å². The number of hydrogen-bond donors (Lipinski definition) is 1. The lowest BCUT2D eigenvalue weighted by Gasteiger charge is -2.45. The molecule has 0 amide bonds. The first-order valence-electron chi connectivity index (χ1n) is 5.54. The van der Waals surface area contributed by atoms with Crippen LogP contribution in [0.2, 0.25) is 0 Å². The second kappa shape index (κ2) is 4.86. The molecule has 2 fully saturated rings. The molecule has 1 heterocycles. The summed E-state index contributed by atoms with van der Waals surface area (Å²) in [5.41, 5.74) is 0.790. The summed E-state index contributed by atoms with van der Waals surface area (Å²) in [4.78, 5) is 0. The van der Waals surface area contributed by atoms with E-state index in [-0.39, 0.29) is 0 Å². The van der Waals surface area contributed by atoms with Crippen molar-refractivity contribution in [1.82, 2.24) is 5.32 Å². The van der Waals surface area contributed by atoms with Crippen LogP contribution in [0.15, 0.2) is 0 Å². The standard InChI is InChI=1S/C8H15N.C3H8/c1-3-8(4-1)5-2-6-9-7-8;1-3-2/h9H,1-7H2;3H2,1-2H3. The van der Waals surface area contributed by atoms with E-state index in [2.05, 4.69) is 19.2 Å². The Balaban J connectivity index is 0.000000213. The molecular formula is C11H23N. The molecule has 1 saturated heterocycles. The van der Waals surface area contributed by atoms with Crippen LogP contribution in [0.25, 0.3) is 0 Å². The van der Waals surface area contributed by atoms with Crippen molar-refractivity contribution in [2.24, 2.45) is 5.41 Å². The van der Waals surface area contributed by atoms with E-state index in [1.807, 2.05) is 0 Å². The Kier molecular flexibility index (Phi) is 4.07. The average molecular weight is 169 g/mol. The summed E-state index contributed by atoms with van der Waals surface area (Å²) in [5.74, 6) is 0. The molecule has 1 spiro atoms. The van der Waals surface area contributed by atoms with E-state index in [4.69, 9.17) is 0 Å². The van der Waals surface area contributed by atoms with E-state index in [9.17, 15) is 0 Å². The average Bonchev–Trinajstić information content (AvgIpc) is 2.05. The number of rotatable bonds is 0. The molecule has 12 heavy (non-hydrogen) atoms. The second-order valence-corrected chi connectivity index (χ2v) is 4.34. The predicted molar refractivity (Wildman–Crippen MR) is 54.4 cm³/mol. The maximum Gasteiger partial charge on any atom is 0.000781 e. The zero-order valence-electron chi connectivity index (χ0n) is 8.66. The number of nitrogens with one attached hydrogen (secondary N) is 1. The molecule has 0 aromatic heterocycles. The lowest BCUT2D eigenvalue weighted by Crippen LogP contribution is -2.44. The summed E-state index contributed by atoms with van der Waals surface area (Å²) >= 11 is 0. The van der Waals surface area contributed by atoms with E-state index in [1.54, 1.807) is 0 Å². The van der Waals surface area contributed by atoms with Crippen molar-refractivity contribution in [1.29, 1.82) is 0 Å². The fourth-order valence-corrected chi connectivity index (χ4v) is 2.13. The van der Waals surface area contributed by atoms with Gasteiger partial charge in [-0.25, -0.2) is 0 Å². The molecule has 1 heteroatoms. The summed E-state index contributed by atoms with van der Waals surface area (Å²) < 4.78 is 0. The molecular weight excluding hydrogens is 146 g/mol. The van der Waals surface area contributed by atoms with Gasteiger partial charge in [-0.05, 0) is 37.6 Å². The van der Waals surface area contributed by atoms with Crippen molar-refractivity contribution in [3.8, 4) is 0 Å². The van der Waals surface area contributed by atoms with E-state index >= 15 is 0 Å². The molecule has 2 aliphatic rings. The summed E-state index contributed by atoms with van der Waals surface area (Å²) in [7, 11) is 0. The first kappa shape index (κ1) is 10.0. The molecule has 0 aromatic rings. The Morgan fingerprint density at radius 2 is 1.67 bits per heavy atom. The van der Waals surface area contributed by atoms with Crippen LogP contribution in [0.5, 0.6) is 0 Å². The molecule has 0 bridgehead atoms. The highest BCUT2D eigenvalue weighted by Crippen LogP contribution is 2.45. The Bertz CT molecular complexity index is 108. The highest BCUT2D eigenvalue weighted by atomic mass is 14.9. The first-order valence-corrected chi connectivity index (χ1v) is 5.54. The SMILES string of the molecule is C1CNCC2(C1)CCC2.CCC. The molecule has 72 valence electrons.